The summed E-state index contributed by atoms with van der Waals surface area (Å²) in [6, 6.07) is 5.60. The van der Waals surface area contributed by atoms with Crippen molar-refractivity contribution in [3.05, 3.63) is 41.7 Å². The van der Waals surface area contributed by atoms with E-state index in [0.29, 0.717) is 6.42 Å². The molecule has 21 heavy (non-hydrogen) atoms. The molecule has 0 heterocycles. The summed E-state index contributed by atoms with van der Waals surface area (Å²) >= 11 is 0. The van der Waals surface area contributed by atoms with Crippen LogP contribution in [-0.4, -0.2) is 17.0 Å². The zero-order valence-electron chi connectivity index (χ0n) is 11.0. The first-order chi connectivity index (χ1) is 10.0. The summed E-state index contributed by atoms with van der Waals surface area (Å²) in [7, 11) is 0. The number of carboxylic acids is 1. The quantitative estimate of drug-likeness (QED) is 0.835. The van der Waals surface area contributed by atoms with Crippen molar-refractivity contribution in [2.24, 2.45) is 11.8 Å². The normalized spacial score (nSPS) is 20.6. The minimum atomic E-state index is -1.04. The number of hydrogen-bond donors (Lipinski definition) is 2. The monoisotopic (exact) mass is 288 g/mol. The van der Waals surface area contributed by atoms with Gasteiger partial charge in [0.15, 0.2) is 0 Å². The van der Waals surface area contributed by atoms with Crippen molar-refractivity contribution in [3.8, 4) is 6.07 Å². The van der Waals surface area contributed by atoms with Gasteiger partial charge in [-0.15, -0.1) is 0 Å². The van der Waals surface area contributed by atoms with Crippen LogP contribution in [0.15, 0.2) is 30.4 Å². The summed E-state index contributed by atoms with van der Waals surface area (Å²) in [6.07, 6.45) is 4.06. The molecular weight excluding hydrogens is 275 g/mol. The van der Waals surface area contributed by atoms with Gasteiger partial charge in [-0.05, 0) is 25.0 Å². The number of carboxylic acid groups (broad SMARTS) is 1. The molecule has 5 nitrogen and oxygen atoms in total. The molecule has 0 bridgehead atoms. The summed E-state index contributed by atoms with van der Waals surface area (Å²) in [5, 5.41) is 20.5. The number of nitriles is 1. The van der Waals surface area contributed by atoms with Crippen molar-refractivity contribution >= 4 is 17.6 Å². The van der Waals surface area contributed by atoms with Gasteiger partial charge in [0.1, 0.15) is 17.4 Å². The molecule has 2 atom stereocenters. The number of carbonyl (C=O) groups is 2. The summed E-state index contributed by atoms with van der Waals surface area (Å²) in [6.45, 7) is 0. The summed E-state index contributed by atoms with van der Waals surface area (Å²) in [5.74, 6) is -3.84. The maximum absolute atomic E-state index is 13.5. The molecule has 1 aliphatic rings. The molecule has 0 aromatic heterocycles. The van der Waals surface area contributed by atoms with Crippen molar-refractivity contribution in [1.29, 1.82) is 5.26 Å². The Hall–Kier alpha value is -2.68. The molecule has 2 unspecified atom stereocenters. The van der Waals surface area contributed by atoms with E-state index in [-0.39, 0.29) is 17.7 Å². The first-order valence-corrected chi connectivity index (χ1v) is 6.42. The SMILES string of the molecule is N#Cc1c(F)cccc1NC(=O)C1CC=CCC1C(=O)O. The first kappa shape index (κ1) is 14.7. The second-order valence-corrected chi connectivity index (χ2v) is 4.76. The number of nitrogens with zero attached hydrogens (tertiary/aromatic N) is 1. The topological polar surface area (TPSA) is 90.2 Å². The number of amides is 1. The average Bonchev–Trinajstić information content (AvgIpc) is 2.47. The van der Waals surface area contributed by atoms with Gasteiger partial charge in [0.2, 0.25) is 5.91 Å². The smallest absolute Gasteiger partial charge is 0.307 e. The molecule has 2 rings (SSSR count). The van der Waals surface area contributed by atoms with Crippen LogP contribution < -0.4 is 5.32 Å². The number of rotatable bonds is 3. The van der Waals surface area contributed by atoms with Crippen LogP contribution in [0.25, 0.3) is 0 Å². The maximum Gasteiger partial charge on any atom is 0.307 e. The van der Waals surface area contributed by atoms with Crippen molar-refractivity contribution < 1.29 is 19.1 Å². The third kappa shape index (κ3) is 3.08. The fourth-order valence-electron chi connectivity index (χ4n) is 2.34. The Kier molecular flexibility index (Phi) is 4.33. The van der Waals surface area contributed by atoms with Gasteiger partial charge in [-0.1, -0.05) is 18.2 Å². The van der Waals surface area contributed by atoms with Gasteiger partial charge < -0.3 is 10.4 Å². The first-order valence-electron chi connectivity index (χ1n) is 6.42. The Morgan fingerprint density at radius 1 is 1.29 bits per heavy atom. The second kappa shape index (κ2) is 6.18. The summed E-state index contributed by atoms with van der Waals surface area (Å²) < 4.78 is 13.5. The molecule has 2 N–H and O–H groups in total. The van der Waals surface area contributed by atoms with E-state index >= 15 is 0 Å². The average molecular weight is 288 g/mol. The number of hydrogen-bond acceptors (Lipinski definition) is 3. The Morgan fingerprint density at radius 3 is 2.57 bits per heavy atom. The highest BCUT2D eigenvalue weighted by Gasteiger charge is 2.34. The molecule has 6 heteroatoms. The summed E-state index contributed by atoms with van der Waals surface area (Å²) in [5.41, 5.74) is -0.203. The Balaban J connectivity index is 2.22. The predicted octanol–water partition coefficient (Wildman–Crippen LogP) is 2.30. The lowest BCUT2D eigenvalue weighted by molar-refractivity contribution is -0.146. The number of allylic oxidation sites excluding steroid dienone is 2. The maximum atomic E-state index is 13.5. The van der Waals surface area contributed by atoms with E-state index in [0.717, 1.165) is 6.07 Å². The molecule has 0 radical (unpaired) electrons. The van der Waals surface area contributed by atoms with E-state index in [9.17, 15) is 14.0 Å². The van der Waals surface area contributed by atoms with Gasteiger partial charge in [0, 0.05) is 0 Å². The van der Waals surface area contributed by atoms with E-state index in [2.05, 4.69) is 5.32 Å². The second-order valence-electron chi connectivity index (χ2n) is 4.76. The van der Waals surface area contributed by atoms with Crippen LogP contribution in [0.1, 0.15) is 18.4 Å². The lowest BCUT2D eigenvalue weighted by Gasteiger charge is -2.24. The number of aliphatic carboxylic acids is 1. The standard InChI is InChI=1S/C15H13FN2O3/c16-12-6-3-7-13(11(12)8-17)18-14(19)9-4-1-2-5-10(9)15(20)21/h1-3,6-7,9-10H,4-5H2,(H,18,19)(H,20,21). The van der Waals surface area contributed by atoms with Gasteiger partial charge in [0.05, 0.1) is 17.5 Å². The van der Waals surface area contributed by atoms with Crippen molar-refractivity contribution in [1.82, 2.24) is 0 Å². The van der Waals surface area contributed by atoms with Gasteiger partial charge in [-0.3, -0.25) is 9.59 Å². The van der Waals surface area contributed by atoms with Crippen molar-refractivity contribution in [3.63, 3.8) is 0 Å². The summed E-state index contributed by atoms with van der Waals surface area (Å²) in [4.78, 5) is 23.4. The van der Waals surface area contributed by atoms with Crippen LogP contribution in [0.2, 0.25) is 0 Å². The number of nitrogens with one attached hydrogen (secondary N) is 1. The third-order valence-electron chi connectivity index (χ3n) is 3.47. The fourth-order valence-corrected chi connectivity index (χ4v) is 2.34. The van der Waals surface area contributed by atoms with Crippen LogP contribution >= 0.6 is 0 Å². The van der Waals surface area contributed by atoms with Crippen LogP contribution in [0.3, 0.4) is 0 Å². The molecule has 1 amide bonds. The van der Waals surface area contributed by atoms with Gasteiger partial charge >= 0.3 is 5.97 Å². The van der Waals surface area contributed by atoms with E-state index in [1.54, 1.807) is 18.2 Å². The Labute approximate surface area is 120 Å². The van der Waals surface area contributed by atoms with Crippen LogP contribution in [0.5, 0.6) is 0 Å². The van der Waals surface area contributed by atoms with E-state index in [1.165, 1.54) is 12.1 Å². The number of benzene rings is 1. The van der Waals surface area contributed by atoms with Crippen LogP contribution in [0.4, 0.5) is 10.1 Å². The Bertz CT molecular complexity index is 649. The van der Waals surface area contributed by atoms with E-state index < -0.39 is 29.5 Å². The molecular formula is C15H13FN2O3. The highest BCUT2D eigenvalue weighted by Crippen LogP contribution is 2.28. The molecule has 1 aromatic carbocycles. The van der Waals surface area contributed by atoms with Crippen LogP contribution in [0, 0.1) is 29.0 Å². The Morgan fingerprint density at radius 2 is 1.95 bits per heavy atom. The van der Waals surface area contributed by atoms with Gasteiger partial charge in [0.25, 0.3) is 0 Å². The predicted molar refractivity (Wildman–Crippen MR) is 72.7 cm³/mol. The van der Waals surface area contributed by atoms with Gasteiger partial charge in [-0.2, -0.15) is 5.26 Å². The highest BCUT2D eigenvalue weighted by molar-refractivity contribution is 5.96. The minimum Gasteiger partial charge on any atom is -0.481 e. The zero-order valence-corrected chi connectivity index (χ0v) is 11.0. The third-order valence-corrected chi connectivity index (χ3v) is 3.47. The van der Waals surface area contributed by atoms with E-state index in [1.807, 2.05) is 0 Å². The lowest BCUT2D eigenvalue weighted by Crippen LogP contribution is -2.34. The van der Waals surface area contributed by atoms with E-state index in [4.69, 9.17) is 10.4 Å². The lowest BCUT2D eigenvalue weighted by atomic mass is 9.82. The highest BCUT2D eigenvalue weighted by atomic mass is 19.1. The number of anilines is 1. The minimum absolute atomic E-state index is 0.0567. The molecule has 0 aliphatic heterocycles. The molecule has 0 saturated carbocycles. The van der Waals surface area contributed by atoms with Gasteiger partial charge in [-0.25, -0.2) is 4.39 Å². The zero-order chi connectivity index (χ0) is 15.4. The number of halogens is 1. The molecule has 108 valence electrons. The fraction of sp³-hybridized carbons (Fsp3) is 0.267. The van der Waals surface area contributed by atoms with Crippen molar-refractivity contribution in [2.75, 3.05) is 5.32 Å². The number of carbonyl (C=O) groups excluding carboxylic acids is 1. The molecule has 1 aromatic rings. The molecule has 0 fully saturated rings. The molecule has 0 spiro atoms. The largest absolute Gasteiger partial charge is 0.481 e. The van der Waals surface area contributed by atoms with Crippen molar-refractivity contribution in [2.45, 2.75) is 12.8 Å². The van der Waals surface area contributed by atoms with Crippen LogP contribution in [-0.2, 0) is 9.59 Å². The molecule has 1 aliphatic carbocycles. The molecule has 0 saturated heterocycles.